The summed E-state index contributed by atoms with van der Waals surface area (Å²) >= 11 is 5.89. The van der Waals surface area contributed by atoms with Gasteiger partial charge in [0.25, 0.3) is 0 Å². The molecule has 2 rings (SSSR count). The van der Waals surface area contributed by atoms with Crippen molar-refractivity contribution in [3.63, 3.8) is 0 Å². The van der Waals surface area contributed by atoms with Crippen LogP contribution in [0.15, 0.2) is 48.5 Å². The summed E-state index contributed by atoms with van der Waals surface area (Å²) in [7, 11) is -2.05. The van der Waals surface area contributed by atoms with Gasteiger partial charge in [-0.15, -0.1) is 0 Å². The highest BCUT2D eigenvalue weighted by molar-refractivity contribution is 7.92. The number of carbonyl (C=O) groups excluding carboxylic acids is 1. The fourth-order valence-electron chi connectivity index (χ4n) is 2.96. The summed E-state index contributed by atoms with van der Waals surface area (Å²) in [5.41, 5.74) is 1.32. The second-order valence-electron chi connectivity index (χ2n) is 7.27. The number of rotatable bonds is 9. The molecule has 0 radical (unpaired) electrons. The molecule has 1 N–H and O–H groups in total. The summed E-state index contributed by atoms with van der Waals surface area (Å²) in [6.45, 7) is 3.82. The number of amides is 1. The summed E-state index contributed by atoms with van der Waals surface area (Å²) in [5, 5.41) is 3.46. The summed E-state index contributed by atoms with van der Waals surface area (Å²) in [4.78, 5) is 12.8. The second kappa shape index (κ2) is 9.98. The fraction of sp³-hybridized carbons (Fsp3) is 0.381. The average Bonchev–Trinajstić information content (AvgIpc) is 2.65. The maximum atomic E-state index is 12.8. The smallest absolute Gasteiger partial charge is 0.241 e. The van der Waals surface area contributed by atoms with Gasteiger partial charge in [0.05, 0.1) is 25.1 Å². The van der Waals surface area contributed by atoms with Gasteiger partial charge >= 0.3 is 0 Å². The van der Waals surface area contributed by atoms with Crippen molar-refractivity contribution in [2.45, 2.75) is 26.3 Å². The predicted octanol–water partition coefficient (Wildman–Crippen LogP) is 4.02. The Balaban J connectivity index is 2.20. The molecule has 29 heavy (non-hydrogen) atoms. The Kier molecular flexibility index (Phi) is 7.93. The van der Waals surface area contributed by atoms with Gasteiger partial charge in [0.2, 0.25) is 15.9 Å². The minimum atomic E-state index is -3.65. The molecule has 0 aliphatic heterocycles. The largest absolute Gasteiger partial charge is 0.497 e. The Hall–Kier alpha value is -2.25. The van der Waals surface area contributed by atoms with Crippen LogP contribution in [0.5, 0.6) is 5.75 Å². The molecule has 6 nitrogen and oxygen atoms in total. The third-order valence-corrected chi connectivity index (χ3v) is 5.76. The molecular weight excluding hydrogens is 412 g/mol. The summed E-state index contributed by atoms with van der Waals surface area (Å²) in [6.07, 6.45) is 1.79. The molecule has 0 aromatic heterocycles. The molecule has 158 valence electrons. The third kappa shape index (κ3) is 6.94. The maximum absolute atomic E-state index is 12.8. The average molecular weight is 439 g/mol. The van der Waals surface area contributed by atoms with E-state index in [9.17, 15) is 13.2 Å². The maximum Gasteiger partial charge on any atom is 0.241 e. The molecule has 0 bridgehead atoms. The van der Waals surface area contributed by atoms with E-state index in [0.29, 0.717) is 16.6 Å². The zero-order valence-electron chi connectivity index (χ0n) is 17.1. The zero-order valence-corrected chi connectivity index (χ0v) is 18.6. The van der Waals surface area contributed by atoms with Crippen LogP contribution in [0.1, 0.15) is 31.9 Å². The standard InChI is InChI=1S/C21H27ClN2O4S/c1-15(2)13-20(16-5-11-19(28-3)12-6-16)23-21(25)14-24(29(4,26)27)18-9-7-17(22)8-10-18/h5-12,15,20H,13-14H2,1-4H3,(H,23,25). The minimum absolute atomic E-state index is 0.236. The molecule has 0 saturated carbocycles. The van der Waals surface area contributed by atoms with Crippen LogP contribution in [0, 0.1) is 5.92 Å². The van der Waals surface area contributed by atoms with Crippen molar-refractivity contribution >= 4 is 33.2 Å². The summed E-state index contributed by atoms with van der Waals surface area (Å²) < 4.78 is 30.8. The molecule has 1 amide bonds. The van der Waals surface area contributed by atoms with Crippen LogP contribution in [0.25, 0.3) is 0 Å². The van der Waals surface area contributed by atoms with E-state index in [0.717, 1.165) is 28.3 Å². The number of benzene rings is 2. The molecule has 2 aromatic rings. The van der Waals surface area contributed by atoms with Crippen LogP contribution in [0.2, 0.25) is 5.02 Å². The van der Waals surface area contributed by atoms with Crippen LogP contribution in [0.4, 0.5) is 5.69 Å². The third-order valence-electron chi connectivity index (χ3n) is 4.36. The molecule has 0 aliphatic rings. The highest BCUT2D eigenvalue weighted by Gasteiger charge is 2.23. The monoisotopic (exact) mass is 438 g/mol. The number of halogens is 1. The van der Waals surface area contributed by atoms with Gasteiger partial charge in [0.15, 0.2) is 0 Å². The molecular formula is C21H27ClN2O4S. The number of nitrogens with zero attached hydrogens (tertiary/aromatic N) is 1. The molecule has 1 atom stereocenters. The van der Waals surface area contributed by atoms with Gasteiger partial charge in [-0.2, -0.15) is 0 Å². The first-order valence-corrected chi connectivity index (χ1v) is 11.5. The number of carbonyl (C=O) groups is 1. The van der Waals surface area contributed by atoms with Gasteiger partial charge in [-0.25, -0.2) is 8.42 Å². The van der Waals surface area contributed by atoms with E-state index in [-0.39, 0.29) is 18.5 Å². The number of sulfonamides is 1. The van der Waals surface area contributed by atoms with Gasteiger partial charge < -0.3 is 10.1 Å². The lowest BCUT2D eigenvalue weighted by Gasteiger charge is -2.25. The molecule has 0 heterocycles. The number of methoxy groups -OCH3 is 1. The van der Waals surface area contributed by atoms with E-state index in [2.05, 4.69) is 19.2 Å². The van der Waals surface area contributed by atoms with E-state index in [4.69, 9.17) is 16.3 Å². The van der Waals surface area contributed by atoms with Crippen molar-refractivity contribution in [1.82, 2.24) is 5.32 Å². The second-order valence-corrected chi connectivity index (χ2v) is 9.61. The van der Waals surface area contributed by atoms with Crippen LogP contribution >= 0.6 is 11.6 Å². The molecule has 2 aromatic carbocycles. The number of hydrogen-bond acceptors (Lipinski definition) is 4. The Bertz CT molecular complexity index is 913. The van der Waals surface area contributed by atoms with E-state index in [1.54, 1.807) is 31.4 Å². The highest BCUT2D eigenvalue weighted by atomic mass is 35.5. The summed E-state index contributed by atoms with van der Waals surface area (Å²) in [5.74, 6) is 0.686. The normalized spacial score (nSPS) is 12.5. The van der Waals surface area contributed by atoms with Crippen molar-refractivity contribution in [1.29, 1.82) is 0 Å². The number of ether oxygens (including phenoxy) is 1. The van der Waals surface area contributed by atoms with Gasteiger partial charge in [0, 0.05) is 5.02 Å². The van der Waals surface area contributed by atoms with Gasteiger partial charge in [-0.1, -0.05) is 37.6 Å². The van der Waals surface area contributed by atoms with E-state index in [1.807, 2.05) is 24.3 Å². The van der Waals surface area contributed by atoms with E-state index >= 15 is 0 Å². The molecule has 0 fully saturated rings. The quantitative estimate of drug-likeness (QED) is 0.641. The van der Waals surface area contributed by atoms with Crippen molar-refractivity contribution < 1.29 is 17.9 Å². The first-order chi connectivity index (χ1) is 13.6. The van der Waals surface area contributed by atoms with Crippen LogP contribution in [0.3, 0.4) is 0 Å². The molecule has 8 heteroatoms. The Morgan fingerprint density at radius 1 is 1.10 bits per heavy atom. The molecule has 0 aliphatic carbocycles. The van der Waals surface area contributed by atoms with Crippen molar-refractivity contribution in [2.24, 2.45) is 5.92 Å². The molecule has 0 spiro atoms. The number of anilines is 1. The zero-order chi connectivity index (χ0) is 21.6. The Morgan fingerprint density at radius 2 is 1.69 bits per heavy atom. The van der Waals surface area contributed by atoms with Crippen LogP contribution < -0.4 is 14.4 Å². The van der Waals surface area contributed by atoms with Crippen molar-refractivity contribution in [3.8, 4) is 5.75 Å². The van der Waals surface area contributed by atoms with Crippen LogP contribution in [-0.4, -0.2) is 34.2 Å². The van der Waals surface area contributed by atoms with Crippen molar-refractivity contribution in [2.75, 3.05) is 24.2 Å². The van der Waals surface area contributed by atoms with E-state index < -0.39 is 10.0 Å². The first kappa shape index (κ1) is 23.0. The lowest BCUT2D eigenvalue weighted by molar-refractivity contribution is -0.120. The topological polar surface area (TPSA) is 75.7 Å². The van der Waals surface area contributed by atoms with Crippen LogP contribution in [-0.2, 0) is 14.8 Å². The number of hydrogen-bond donors (Lipinski definition) is 1. The van der Waals surface area contributed by atoms with Gasteiger partial charge in [-0.3, -0.25) is 9.10 Å². The highest BCUT2D eigenvalue weighted by Crippen LogP contribution is 2.24. The first-order valence-electron chi connectivity index (χ1n) is 9.26. The van der Waals surface area contributed by atoms with Crippen molar-refractivity contribution in [3.05, 3.63) is 59.1 Å². The minimum Gasteiger partial charge on any atom is -0.497 e. The summed E-state index contributed by atoms with van der Waals surface area (Å²) in [6, 6.07) is 13.6. The predicted molar refractivity (Wildman–Crippen MR) is 117 cm³/mol. The number of nitrogens with one attached hydrogen (secondary N) is 1. The fourth-order valence-corrected chi connectivity index (χ4v) is 3.95. The van der Waals surface area contributed by atoms with E-state index in [1.165, 1.54) is 0 Å². The lowest BCUT2D eigenvalue weighted by atomic mass is 9.97. The molecule has 0 saturated heterocycles. The Labute approximate surface area is 177 Å². The Morgan fingerprint density at radius 3 is 2.17 bits per heavy atom. The SMILES string of the molecule is COc1ccc(C(CC(C)C)NC(=O)CN(c2ccc(Cl)cc2)S(C)(=O)=O)cc1. The van der Waals surface area contributed by atoms with Gasteiger partial charge in [0.1, 0.15) is 12.3 Å². The lowest BCUT2D eigenvalue weighted by Crippen LogP contribution is -2.41. The van der Waals surface area contributed by atoms with Gasteiger partial charge in [-0.05, 0) is 54.3 Å². The molecule has 1 unspecified atom stereocenters.